The van der Waals surface area contributed by atoms with Gasteiger partial charge >= 0.3 is 0 Å². The molecule has 0 atom stereocenters. The molecule has 0 heterocycles. The van der Waals surface area contributed by atoms with Crippen molar-refractivity contribution in [2.75, 3.05) is 4.72 Å². The molecular formula is C15H13FN2O2S. The fourth-order valence-corrected chi connectivity index (χ4v) is 3.37. The molecule has 0 aliphatic heterocycles. The van der Waals surface area contributed by atoms with E-state index >= 15 is 0 Å². The van der Waals surface area contributed by atoms with E-state index in [9.17, 15) is 12.8 Å². The van der Waals surface area contributed by atoms with Gasteiger partial charge in [0.05, 0.1) is 5.69 Å². The molecular weight excluding hydrogens is 291 g/mol. The number of hydrogen-bond donors (Lipinski definition) is 1. The molecule has 2 aromatic carbocycles. The van der Waals surface area contributed by atoms with Crippen LogP contribution in [-0.2, 0) is 10.0 Å². The van der Waals surface area contributed by atoms with Crippen LogP contribution in [0.5, 0.6) is 0 Å². The number of aryl methyl sites for hydroxylation is 2. The predicted molar refractivity (Wildman–Crippen MR) is 77.8 cm³/mol. The number of nitrogens with one attached hydrogen (secondary N) is 1. The normalized spacial score (nSPS) is 11.0. The van der Waals surface area contributed by atoms with Crippen LogP contribution in [-0.4, -0.2) is 8.42 Å². The highest BCUT2D eigenvalue weighted by molar-refractivity contribution is 7.92. The summed E-state index contributed by atoms with van der Waals surface area (Å²) >= 11 is 0. The Bertz CT molecular complexity index is 819. The van der Waals surface area contributed by atoms with Crippen LogP contribution in [0.3, 0.4) is 0 Å². The third-order valence-corrected chi connectivity index (χ3v) is 4.49. The molecule has 1 N–H and O–H groups in total. The number of anilines is 1. The number of nitrogens with zero attached hydrogens (tertiary/aromatic N) is 1. The van der Waals surface area contributed by atoms with Gasteiger partial charge in [0.2, 0.25) is 0 Å². The molecule has 6 heteroatoms. The number of halogens is 1. The Labute approximate surface area is 122 Å². The summed E-state index contributed by atoms with van der Waals surface area (Å²) in [7, 11) is -4.04. The average molecular weight is 304 g/mol. The largest absolute Gasteiger partial charge is 0.279 e. The Morgan fingerprint density at radius 2 is 1.67 bits per heavy atom. The third-order valence-electron chi connectivity index (χ3n) is 3.09. The van der Waals surface area contributed by atoms with Crippen LogP contribution in [0.25, 0.3) is 0 Å². The summed E-state index contributed by atoms with van der Waals surface area (Å²) in [4.78, 5) is -0.368. The molecule has 0 fully saturated rings. The van der Waals surface area contributed by atoms with E-state index in [2.05, 4.69) is 4.72 Å². The lowest BCUT2D eigenvalue weighted by molar-refractivity contribution is 0.593. The summed E-state index contributed by atoms with van der Waals surface area (Å²) in [5, 5.41) is 8.96. The minimum atomic E-state index is -4.04. The van der Waals surface area contributed by atoms with Gasteiger partial charge in [0.15, 0.2) is 0 Å². The Morgan fingerprint density at radius 1 is 1.10 bits per heavy atom. The van der Waals surface area contributed by atoms with Gasteiger partial charge < -0.3 is 0 Å². The van der Waals surface area contributed by atoms with Crippen molar-refractivity contribution >= 4 is 15.7 Å². The second-order valence-electron chi connectivity index (χ2n) is 4.60. The first-order valence-corrected chi connectivity index (χ1v) is 7.63. The summed E-state index contributed by atoms with van der Waals surface area (Å²) < 4.78 is 40.8. The van der Waals surface area contributed by atoms with Gasteiger partial charge in [-0.1, -0.05) is 24.3 Å². The highest BCUT2D eigenvalue weighted by atomic mass is 32.2. The Balaban J connectivity index is 2.55. The second-order valence-corrected chi connectivity index (χ2v) is 6.25. The molecule has 21 heavy (non-hydrogen) atoms. The van der Waals surface area contributed by atoms with Gasteiger partial charge in [0.1, 0.15) is 22.3 Å². The van der Waals surface area contributed by atoms with Crippen molar-refractivity contribution in [2.45, 2.75) is 18.7 Å². The van der Waals surface area contributed by atoms with Crippen LogP contribution in [0.4, 0.5) is 10.1 Å². The smallest absolute Gasteiger partial charge is 0.263 e. The van der Waals surface area contributed by atoms with Crippen molar-refractivity contribution in [3.05, 3.63) is 58.9 Å². The van der Waals surface area contributed by atoms with Gasteiger partial charge in [0.25, 0.3) is 10.0 Å². The van der Waals surface area contributed by atoms with Crippen molar-refractivity contribution in [3.63, 3.8) is 0 Å². The molecule has 2 rings (SSSR count). The molecule has 0 aromatic heterocycles. The fraction of sp³-hybridized carbons (Fsp3) is 0.133. The summed E-state index contributed by atoms with van der Waals surface area (Å²) in [5.41, 5.74) is 1.43. The second kappa shape index (κ2) is 5.54. The van der Waals surface area contributed by atoms with E-state index in [1.54, 1.807) is 32.0 Å². The number of para-hydroxylation sites is 1. The lowest BCUT2D eigenvalue weighted by Crippen LogP contribution is -2.16. The quantitative estimate of drug-likeness (QED) is 0.947. The van der Waals surface area contributed by atoms with Crippen LogP contribution in [0.1, 0.15) is 16.7 Å². The maximum Gasteiger partial charge on any atom is 0.263 e. The number of hydrogen-bond acceptors (Lipinski definition) is 3. The standard InChI is InChI=1S/C15H13FN2O2S/c1-10-5-3-6-11(2)15(10)18-21(19,20)14-8-4-7-13(16)12(14)9-17/h3-8,18H,1-2H3. The third kappa shape index (κ3) is 2.88. The molecule has 0 amide bonds. The molecule has 0 saturated carbocycles. The van der Waals surface area contributed by atoms with Crippen LogP contribution < -0.4 is 4.72 Å². The number of sulfonamides is 1. The molecule has 0 unspecified atom stereocenters. The van der Waals surface area contributed by atoms with Gasteiger partial charge in [-0.05, 0) is 37.1 Å². The minimum Gasteiger partial charge on any atom is -0.279 e. The zero-order valence-corrected chi connectivity index (χ0v) is 12.3. The van der Waals surface area contributed by atoms with Gasteiger partial charge in [0, 0.05) is 0 Å². The first-order chi connectivity index (χ1) is 9.86. The molecule has 0 bridgehead atoms. The first kappa shape index (κ1) is 15.0. The van der Waals surface area contributed by atoms with Crippen molar-refractivity contribution in [1.82, 2.24) is 0 Å². The van der Waals surface area contributed by atoms with Crippen LogP contribution >= 0.6 is 0 Å². The Hall–Kier alpha value is -2.39. The number of rotatable bonds is 3. The van der Waals surface area contributed by atoms with Crippen molar-refractivity contribution in [1.29, 1.82) is 5.26 Å². The zero-order valence-electron chi connectivity index (χ0n) is 11.5. The molecule has 0 radical (unpaired) electrons. The van der Waals surface area contributed by atoms with Crippen molar-refractivity contribution < 1.29 is 12.8 Å². The number of benzene rings is 2. The lowest BCUT2D eigenvalue weighted by Gasteiger charge is -2.14. The van der Waals surface area contributed by atoms with E-state index in [1.165, 1.54) is 12.1 Å². The van der Waals surface area contributed by atoms with E-state index < -0.39 is 21.4 Å². The van der Waals surface area contributed by atoms with Crippen molar-refractivity contribution in [2.24, 2.45) is 0 Å². The summed E-state index contributed by atoms with van der Waals surface area (Å²) in [5.74, 6) is -0.859. The monoisotopic (exact) mass is 304 g/mol. The summed E-state index contributed by atoms with van der Waals surface area (Å²) in [6, 6.07) is 10.5. The van der Waals surface area contributed by atoms with E-state index in [-0.39, 0.29) is 4.90 Å². The highest BCUT2D eigenvalue weighted by Crippen LogP contribution is 2.25. The Kier molecular flexibility index (Phi) is 3.96. The predicted octanol–water partition coefficient (Wildman–Crippen LogP) is 3.12. The van der Waals surface area contributed by atoms with Crippen LogP contribution in [0, 0.1) is 31.0 Å². The van der Waals surface area contributed by atoms with E-state index in [0.29, 0.717) is 5.69 Å². The van der Waals surface area contributed by atoms with E-state index in [4.69, 9.17) is 5.26 Å². The summed E-state index contributed by atoms with van der Waals surface area (Å²) in [6.07, 6.45) is 0. The fourth-order valence-electron chi connectivity index (χ4n) is 2.00. The lowest BCUT2D eigenvalue weighted by atomic mass is 10.1. The van der Waals surface area contributed by atoms with E-state index in [0.717, 1.165) is 17.2 Å². The van der Waals surface area contributed by atoms with Crippen molar-refractivity contribution in [3.8, 4) is 6.07 Å². The van der Waals surface area contributed by atoms with Crippen LogP contribution in [0.15, 0.2) is 41.3 Å². The number of nitriles is 1. The van der Waals surface area contributed by atoms with Gasteiger partial charge in [-0.2, -0.15) is 5.26 Å². The maximum absolute atomic E-state index is 13.6. The first-order valence-electron chi connectivity index (χ1n) is 6.14. The maximum atomic E-state index is 13.6. The van der Waals surface area contributed by atoms with Crippen LogP contribution in [0.2, 0.25) is 0 Å². The molecule has 0 saturated heterocycles. The molecule has 0 aliphatic carbocycles. The van der Waals surface area contributed by atoms with E-state index in [1.807, 2.05) is 6.07 Å². The molecule has 4 nitrogen and oxygen atoms in total. The highest BCUT2D eigenvalue weighted by Gasteiger charge is 2.22. The molecule has 2 aromatic rings. The minimum absolute atomic E-state index is 0.368. The average Bonchev–Trinajstić information content (AvgIpc) is 2.43. The van der Waals surface area contributed by atoms with Gasteiger partial charge in [-0.15, -0.1) is 0 Å². The van der Waals surface area contributed by atoms with Gasteiger partial charge in [-0.3, -0.25) is 4.72 Å². The zero-order chi connectivity index (χ0) is 15.6. The molecule has 0 spiro atoms. The Morgan fingerprint density at radius 3 is 2.24 bits per heavy atom. The molecule has 0 aliphatic rings. The SMILES string of the molecule is Cc1cccc(C)c1NS(=O)(=O)c1cccc(F)c1C#N. The summed E-state index contributed by atoms with van der Waals surface area (Å²) in [6.45, 7) is 3.53. The molecule has 108 valence electrons. The topological polar surface area (TPSA) is 70.0 Å². The van der Waals surface area contributed by atoms with Gasteiger partial charge in [-0.25, -0.2) is 12.8 Å².